The smallest absolute Gasteiger partial charge is 0.255 e. The molecule has 2 aromatic heterocycles. The number of ether oxygens (including phenoxy) is 2. The zero-order chi connectivity index (χ0) is 15.8. The third-order valence-electron chi connectivity index (χ3n) is 4.62. The number of likely N-dealkylation sites (tertiary alicyclic amines) is 1. The van der Waals surface area contributed by atoms with E-state index in [0.29, 0.717) is 24.4 Å². The van der Waals surface area contributed by atoms with Crippen molar-refractivity contribution in [3.63, 3.8) is 0 Å². The van der Waals surface area contributed by atoms with Gasteiger partial charge in [-0.15, -0.1) is 0 Å². The second kappa shape index (κ2) is 5.90. The van der Waals surface area contributed by atoms with Gasteiger partial charge in [-0.3, -0.25) is 9.89 Å². The lowest BCUT2D eigenvalue weighted by Crippen LogP contribution is -2.50. The second-order valence-corrected chi connectivity index (χ2v) is 6.12. The standard InChI is InChI=1S/C16H20N4O3/c1-10-12-8-11(9-17-14(12)19-18-10)15(21)20-5-3-2-4-13(20)16-22-6-7-23-16/h8-9,13,16H,2-7H2,1H3,(H,17,18,19). The van der Waals surface area contributed by atoms with E-state index in [1.165, 1.54) is 0 Å². The number of fused-ring (bicyclic) bond motifs is 1. The van der Waals surface area contributed by atoms with E-state index >= 15 is 0 Å². The molecule has 0 spiro atoms. The minimum atomic E-state index is -0.299. The van der Waals surface area contributed by atoms with Crippen LogP contribution in [-0.2, 0) is 9.47 Å². The number of carbonyl (C=O) groups excluding carboxylic acids is 1. The number of pyridine rings is 1. The van der Waals surface area contributed by atoms with Gasteiger partial charge in [0, 0.05) is 23.8 Å². The Morgan fingerprint density at radius 2 is 2.17 bits per heavy atom. The number of aromatic amines is 1. The monoisotopic (exact) mass is 316 g/mol. The quantitative estimate of drug-likeness (QED) is 0.911. The number of hydrogen-bond donors (Lipinski definition) is 1. The van der Waals surface area contributed by atoms with Crippen molar-refractivity contribution in [2.75, 3.05) is 19.8 Å². The molecular weight excluding hydrogens is 296 g/mol. The summed E-state index contributed by atoms with van der Waals surface area (Å²) in [6.07, 6.45) is 4.32. The van der Waals surface area contributed by atoms with Crippen molar-refractivity contribution in [1.82, 2.24) is 20.1 Å². The number of rotatable bonds is 2. The van der Waals surface area contributed by atoms with Crippen molar-refractivity contribution >= 4 is 16.9 Å². The lowest BCUT2D eigenvalue weighted by Gasteiger charge is -2.38. The Kier molecular flexibility index (Phi) is 3.74. The Hall–Kier alpha value is -1.99. The summed E-state index contributed by atoms with van der Waals surface area (Å²) in [7, 11) is 0. The highest BCUT2D eigenvalue weighted by molar-refractivity contribution is 5.97. The third kappa shape index (κ3) is 2.60. The van der Waals surface area contributed by atoms with E-state index in [9.17, 15) is 4.79 Å². The molecule has 1 N–H and O–H groups in total. The summed E-state index contributed by atoms with van der Waals surface area (Å²) in [4.78, 5) is 19.2. The first-order valence-corrected chi connectivity index (χ1v) is 8.09. The average Bonchev–Trinajstić information content (AvgIpc) is 3.24. The van der Waals surface area contributed by atoms with Gasteiger partial charge in [0.25, 0.3) is 5.91 Å². The van der Waals surface area contributed by atoms with Crippen LogP contribution in [0.5, 0.6) is 0 Å². The predicted octanol–water partition coefficient (Wildman–Crippen LogP) is 1.63. The maximum Gasteiger partial charge on any atom is 0.255 e. The van der Waals surface area contributed by atoms with Crippen molar-refractivity contribution in [3.05, 3.63) is 23.5 Å². The number of nitrogens with one attached hydrogen (secondary N) is 1. The number of aryl methyl sites for hydroxylation is 1. The molecule has 0 bridgehead atoms. The molecule has 0 aromatic carbocycles. The van der Waals surface area contributed by atoms with Crippen LogP contribution in [0.2, 0.25) is 0 Å². The van der Waals surface area contributed by atoms with Crippen LogP contribution in [0.4, 0.5) is 0 Å². The molecule has 2 aliphatic rings. The van der Waals surface area contributed by atoms with Gasteiger partial charge >= 0.3 is 0 Å². The van der Waals surface area contributed by atoms with Gasteiger partial charge in [-0.1, -0.05) is 0 Å². The van der Waals surface area contributed by atoms with Crippen LogP contribution in [0.25, 0.3) is 11.0 Å². The Morgan fingerprint density at radius 3 is 3.00 bits per heavy atom. The molecule has 7 nitrogen and oxygen atoms in total. The van der Waals surface area contributed by atoms with Gasteiger partial charge in [0.05, 0.1) is 24.8 Å². The predicted molar refractivity (Wildman–Crippen MR) is 83.0 cm³/mol. The molecule has 2 fully saturated rings. The van der Waals surface area contributed by atoms with Crippen LogP contribution in [0.15, 0.2) is 12.3 Å². The van der Waals surface area contributed by atoms with E-state index in [2.05, 4.69) is 15.2 Å². The van der Waals surface area contributed by atoms with E-state index in [-0.39, 0.29) is 18.2 Å². The van der Waals surface area contributed by atoms with Gasteiger partial charge in [-0.25, -0.2) is 4.98 Å². The molecule has 4 rings (SSSR count). The summed E-state index contributed by atoms with van der Waals surface area (Å²) in [5, 5.41) is 7.89. The van der Waals surface area contributed by atoms with Gasteiger partial charge in [0.1, 0.15) is 0 Å². The first-order valence-electron chi connectivity index (χ1n) is 8.09. The Balaban J connectivity index is 1.63. The van der Waals surface area contributed by atoms with E-state index in [0.717, 1.165) is 36.9 Å². The summed E-state index contributed by atoms with van der Waals surface area (Å²) >= 11 is 0. The van der Waals surface area contributed by atoms with Gasteiger partial charge < -0.3 is 14.4 Å². The van der Waals surface area contributed by atoms with E-state index in [4.69, 9.17) is 9.47 Å². The highest BCUT2D eigenvalue weighted by Crippen LogP contribution is 2.26. The minimum Gasteiger partial charge on any atom is -0.348 e. The summed E-state index contributed by atoms with van der Waals surface area (Å²) in [6.45, 7) is 3.86. The molecule has 0 aliphatic carbocycles. The molecule has 4 heterocycles. The highest BCUT2D eigenvalue weighted by Gasteiger charge is 2.36. The Labute approximate surface area is 134 Å². The first kappa shape index (κ1) is 14.6. The lowest BCUT2D eigenvalue weighted by atomic mass is 10.0. The number of aromatic nitrogens is 3. The molecular formula is C16H20N4O3. The van der Waals surface area contributed by atoms with Gasteiger partial charge in [-0.2, -0.15) is 5.10 Å². The summed E-state index contributed by atoms with van der Waals surface area (Å²) in [5.74, 6) is -0.0104. The van der Waals surface area contributed by atoms with Crippen molar-refractivity contribution in [2.24, 2.45) is 0 Å². The van der Waals surface area contributed by atoms with Crippen molar-refractivity contribution < 1.29 is 14.3 Å². The zero-order valence-corrected chi connectivity index (χ0v) is 13.1. The van der Waals surface area contributed by atoms with E-state index < -0.39 is 0 Å². The van der Waals surface area contributed by atoms with Gasteiger partial charge in [-0.05, 0) is 32.3 Å². The summed E-state index contributed by atoms with van der Waals surface area (Å²) in [5.41, 5.74) is 2.14. The molecule has 2 aliphatic heterocycles. The second-order valence-electron chi connectivity index (χ2n) is 6.12. The molecule has 1 atom stereocenters. The van der Waals surface area contributed by atoms with Crippen molar-refractivity contribution in [3.8, 4) is 0 Å². The number of amides is 1. The maximum atomic E-state index is 13.0. The topological polar surface area (TPSA) is 80.3 Å². The highest BCUT2D eigenvalue weighted by atomic mass is 16.7. The van der Waals surface area contributed by atoms with Crippen molar-refractivity contribution in [1.29, 1.82) is 0 Å². The van der Waals surface area contributed by atoms with Crippen LogP contribution in [-0.4, -0.2) is 58.1 Å². The Morgan fingerprint density at radius 1 is 1.35 bits per heavy atom. The van der Waals surface area contributed by atoms with Crippen LogP contribution < -0.4 is 0 Å². The van der Waals surface area contributed by atoms with Crippen molar-refractivity contribution in [2.45, 2.75) is 38.5 Å². The number of H-pyrrole nitrogens is 1. The molecule has 2 aromatic rings. The molecule has 23 heavy (non-hydrogen) atoms. The molecule has 0 saturated carbocycles. The average molecular weight is 316 g/mol. The normalized spacial score (nSPS) is 22.8. The zero-order valence-electron chi connectivity index (χ0n) is 13.1. The fourth-order valence-corrected chi connectivity index (χ4v) is 3.39. The number of hydrogen-bond acceptors (Lipinski definition) is 5. The number of carbonyl (C=O) groups is 1. The largest absolute Gasteiger partial charge is 0.348 e. The summed E-state index contributed by atoms with van der Waals surface area (Å²) < 4.78 is 11.3. The van der Waals surface area contributed by atoms with Gasteiger partial charge in [0.2, 0.25) is 0 Å². The van der Waals surface area contributed by atoms with E-state index in [1.807, 2.05) is 17.9 Å². The fourth-order valence-electron chi connectivity index (χ4n) is 3.39. The lowest BCUT2D eigenvalue weighted by molar-refractivity contribution is -0.100. The maximum absolute atomic E-state index is 13.0. The number of piperidine rings is 1. The van der Waals surface area contributed by atoms with Gasteiger partial charge in [0.15, 0.2) is 11.9 Å². The number of nitrogens with zero attached hydrogens (tertiary/aromatic N) is 3. The molecule has 7 heteroatoms. The fraction of sp³-hybridized carbons (Fsp3) is 0.562. The molecule has 1 amide bonds. The molecule has 0 radical (unpaired) electrons. The SMILES string of the molecule is Cc1[nH]nc2ncc(C(=O)N3CCCCC3C3OCCO3)cc12. The minimum absolute atomic E-state index is 0.0104. The Bertz CT molecular complexity index is 723. The van der Waals surface area contributed by atoms with Crippen LogP contribution in [0.1, 0.15) is 35.3 Å². The first-order chi connectivity index (χ1) is 11.2. The van der Waals surface area contributed by atoms with Crippen LogP contribution in [0, 0.1) is 6.92 Å². The summed E-state index contributed by atoms with van der Waals surface area (Å²) in [6, 6.07) is 1.85. The molecule has 2 saturated heterocycles. The van der Waals surface area contributed by atoms with Crippen LogP contribution >= 0.6 is 0 Å². The van der Waals surface area contributed by atoms with E-state index in [1.54, 1.807) is 6.20 Å². The molecule has 1 unspecified atom stereocenters. The van der Waals surface area contributed by atoms with Crippen LogP contribution in [0.3, 0.4) is 0 Å². The third-order valence-corrected chi connectivity index (χ3v) is 4.62. The molecule has 122 valence electrons.